The SMILES string of the molecule is COC(=O)C1=C(C(=O)OC)C(NCc2ccccc2)(c2ccccc2)C1[N+](=O)[O-]. The molecular formula is C21H20N2O6. The van der Waals surface area contributed by atoms with Crippen molar-refractivity contribution in [2.24, 2.45) is 0 Å². The number of nitrogens with one attached hydrogen (secondary N) is 1. The molecule has 0 spiro atoms. The molecule has 2 atom stereocenters. The molecule has 2 unspecified atom stereocenters. The molecule has 1 aliphatic carbocycles. The smallest absolute Gasteiger partial charge is 0.341 e. The van der Waals surface area contributed by atoms with Gasteiger partial charge in [-0.1, -0.05) is 60.7 Å². The van der Waals surface area contributed by atoms with Gasteiger partial charge in [-0.3, -0.25) is 15.4 Å². The lowest BCUT2D eigenvalue weighted by molar-refractivity contribution is -0.529. The molecular weight excluding hydrogens is 376 g/mol. The maximum absolute atomic E-state index is 12.6. The van der Waals surface area contributed by atoms with Crippen LogP contribution in [0.3, 0.4) is 0 Å². The summed E-state index contributed by atoms with van der Waals surface area (Å²) in [6, 6.07) is 16.3. The quantitative estimate of drug-likeness (QED) is 0.433. The number of esters is 2. The van der Waals surface area contributed by atoms with Crippen LogP contribution in [-0.2, 0) is 31.1 Å². The first kappa shape index (κ1) is 20.2. The topological polar surface area (TPSA) is 108 Å². The Labute approximate surface area is 167 Å². The zero-order chi connectivity index (χ0) is 21.0. The summed E-state index contributed by atoms with van der Waals surface area (Å²) in [5.41, 5.74) is -0.632. The van der Waals surface area contributed by atoms with Crippen LogP contribution >= 0.6 is 0 Å². The van der Waals surface area contributed by atoms with Crippen LogP contribution in [-0.4, -0.2) is 37.1 Å². The molecule has 0 saturated carbocycles. The fraction of sp³-hybridized carbons (Fsp3) is 0.238. The Balaban J connectivity index is 2.21. The second kappa shape index (κ2) is 8.24. The maximum atomic E-state index is 12.6. The van der Waals surface area contributed by atoms with Crippen LogP contribution in [0.25, 0.3) is 0 Å². The van der Waals surface area contributed by atoms with E-state index >= 15 is 0 Å². The van der Waals surface area contributed by atoms with Crippen molar-refractivity contribution in [1.29, 1.82) is 0 Å². The van der Waals surface area contributed by atoms with Gasteiger partial charge in [0.15, 0.2) is 5.54 Å². The molecule has 8 nitrogen and oxygen atoms in total. The molecule has 3 rings (SSSR count). The van der Waals surface area contributed by atoms with Gasteiger partial charge < -0.3 is 9.47 Å². The molecule has 1 N–H and O–H groups in total. The monoisotopic (exact) mass is 396 g/mol. The number of rotatable bonds is 7. The van der Waals surface area contributed by atoms with Crippen molar-refractivity contribution in [3.63, 3.8) is 0 Å². The third kappa shape index (κ3) is 3.38. The van der Waals surface area contributed by atoms with E-state index in [2.05, 4.69) is 5.32 Å². The molecule has 0 radical (unpaired) electrons. The Kier molecular flexibility index (Phi) is 5.74. The lowest BCUT2D eigenvalue weighted by Crippen LogP contribution is -2.66. The zero-order valence-corrected chi connectivity index (χ0v) is 16.0. The number of nitrogens with zero attached hydrogens (tertiary/aromatic N) is 1. The number of carbonyl (C=O) groups excluding carboxylic acids is 2. The van der Waals surface area contributed by atoms with Crippen molar-refractivity contribution >= 4 is 11.9 Å². The summed E-state index contributed by atoms with van der Waals surface area (Å²) < 4.78 is 9.58. The zero-order valence-electron chi connectivity index (χ0n) is 16.0. The summed E-state index contributed by atoms with van der Waals surface area (Å²) >= 11 is 0. The Morgan fingerprint density at radius 3 is 2.07 bits per heavy atom. The fourth-order valence-electron chi connectivity index (χ4n) is 3.71. The molecule has 1 aliphatic rings. The van der Waals surface area contributed by atoms with Gasteiger partial charge in [-0.05, 0) is 11.1 Å². The molecule has 0 amide bonds. The van der Waals surface area contributed by atoms with Gasteiger partial charge in [0.25, 0.3) is 6.04 Å². The summed E-state index contributed by atoms with van der Waals surface area (Å²) in [4.78, 5) is 36.4. The summed E-state index contributed by atoms with van der Waals surface area (Å²) in [7, 11) is 2.28. The minimum atomic E-state index is -1.54. The number of hydrogen-bond donors (Lipinski definition) is 1. The minimum Gasteiger partial charge on any atom is -0.466 e. The molecule has 150 valence electrons. The van der Waals surface area contributed by atoms with E-state index in [0.29, 0.717) is 5.56 Å². The van der Waals surface area contributed by atoms with Crippen LogP contribution in [0, 0.1) is 10.1 Å². The first-order valence-electron chi connectivity index (χ1n) is 8.86. The Morgan fingerprint density at radius 2 is 1.55 bits per heavy atom. The van der Waals surface area contributed by atoms with Gasteiger partial charge in [0.1, 0.15) is 5.57 Å². The molecule has 0 saturated heterocycles. The number of nitro groups is 1. The summed E-state index contributed by atoms with van der Waals surface area (Å²) in [6.07, 6.45) is 0. The molecule has 2 aromatic rings. The Bertz CT molecular complexity index is 958. The van der Waals surface area contributed by atoms with Gasteiger partial charge in [-0.25, -0.2) is 9.59 Å². The normalized spacial score (nSPS) is 20.6. The standard InChI is InChI=1S/C21H20N2O6/c1-28-19(24)16-17(20(25)29-2)21(18(16)23(26)27,15-11-7-4-8-12-15)22-13-14-9-5-3-6-10-14/h3-12,18,22H,13H2,1-2H3. The van der Waals surface area contributed by atoms with Crippen LogP contribution in [0.4, 0.5) is 0 Å². The molecule has 0 bridgehead atoms. The molecule has 0 aromatic heterocycles. The predicted molar refractivity (Wildman–Crippen MR) is 103 cm³/mol. The molecule has 0 aliphatic heterocycles. The van der Waals surface area contributed by atoms with Gasteiger partial charge in [0, 0.05) is 11.5 Å². The van der Waals surface area contributed by atoms with Crippen LogP contribution in [0.1, 0.15) is 11.1 Å². The van der Waals surface area contributed by atoms with Crippen molar-refractivity contribution in [3.05, 3.63) is 93.1 Å². The molecule has 8 heteroatoms. The Morgan fingerprint density at radius 1 is 1.00 bits per heavy atom. The first-order valence-corrected chi connectivity index (χ1v) is 8.86. The molecule has 2 aromatic carbocycles. The van der Waals surface area contributed by atoms with E-state index in [1.54, 1.807) is 30.3 Å². The second-order valence-electron chi connectivity index (χ2n) is 6.47. The van der Waals surface area contributed by atoms with Crippen LogP contribution in [0.15, 0.2) is 71.8 Å². The highest BCUT2D eigenvalue weighted by atomic mass is 16.6. The minimum absolute atomic E-state index is 0.115. The second-order valence-corrected chi connectivity index (χ2v) is 6.47. The van der Waals surface area contributed by atoms with E-state index in [1.165, 1.54) is 0 Å². The number of ether oxygens (including phenoxy) is 2. The van der Waals surface area contributed by atoms with Gasteiger partial charge in [-0.2, -0.15) is 0 Å². The van der Waals surface area contributed by atoms with Crippen LogP contribution in [0.2, 0.25) is 0 Å². The summed E-state index contributed by atoms with van der Waals surface area (Å²) in [5, 5.41) is 15.2. The van der Waals surface area contributed by atoms with Crippen molar-refractivity contribution in [2.75, 3.05) is 14.2 Å². The van der Waals surface area contributed by atoms with Crippen LogP contribution in [0.5, 0.6) is 0 Å². The van der Waals surface area contributed by atoms with Crippen molar-refractivity contribution in [1.82, 2.24) is 5.32 Å². The highest BCUT2D eigenvalue weighted by molar-refractivity contribution is 6.07. The van der Waals surface area contributed by atoms with E-state index in [9.17, 15) is 19.7 Å². The predicted octanol–water partition coefficient (Wildman–Crippen LogP) is 1.97. The Hall–Kier alpha value is -3.52. The number of benzene rings is 2. The fourth-order valence-corrected chi connectivity index (χ4v) is 3.71. The van der Waals surface area contributed by atoms with Crippen LogP contribution < -0.4 is 5.32 Å². The van der Waals surface area contributed by atoms with Gasteiger partial charge >= 0.3 is 11.9 Å². The molecule has 29 heavy (non-hydrogen) atoms. The lowest BCUT2D eigenvalue weighted by Gasteiger charge is -2.45. The molecule has 0 heterocycles. The number of hydrogen-bond acceptors (Lipinski definition) is 7. The third-order valence-electron chi connectivity index (χ3n) is 5.00. The average molecular weight is 396 g/mol. The van der Waals surface area contributed by atoms with Gasteiger partial charge in [0.2, 0.25) is 0 Å². The van der Waals surface area contributed by atoms with Crippen molar-refractivity contribution in [3.8, 4) is 0 Å². The van der Waals surface area contributed by atoms with E-state index < -0.39 is 28.4 Å². The largest absolute Gasteiger partial charge is 0.466 e. The highest BCUT2D eigenvalue weighted by Crippen LogP contribution is 2.49. The maximum Gasteiger partial charge on any atom is 0.341 e. The van der Waals surface area contributed by atoms with E-state index in [-0.39, 0.29) is 17.7 Å². The molecule has 0 fully saturated rings. The highest BCUT2D eigenvalue weighted by Gasteiger charge is 2.67. The van der Waals surface area contributed by atoms with E-state index in [1.807, 2.05) is 30.3 Å². The average Bonchev–Trinajstić information content (AvgIpc) is 2.73. The third-order valence-corrected chi connectivity index (χ3v) is 5.00. The van der Waals surface area contributed by atoms with Crippen molar-refractivity contribution in [2.45, 2.75) is 18.1 Å². The number of methoxy groups -OCH3 is 2. The van der Waals surface area contributed by atoms with E-state index in [0.717, 1.165) is 19.8 Å². The first-order chi connectivity index (χ1) is 14.0. The van der Waals surface area contributed by atoms with Gasteiger partial charge in [-0.15, -0.1) is 0 Å². The number of carbonyl (C=O) groups is 2. The summed E-state index contributed by atoms with van der Waals surface area (Å²) in [6.45, 7) is 0.231. The van der Waals surface area contributed by atoms with Crippen molar-refractivity contribution < 1.29 is 24.0 Å². The van der Waals surface area contributed by atoms with E-state index in [4.69, 9.17) is 9.47 Å². The lowest BCUT2D eigenvalue weighted by atomic mass is 9.62. The van der Waals surface area contributed by atoms with Gasteiger partial charge in [0.05, 0.1) is 19.8 Å². The summed E-state index contributed by atoms with van der Waals surface area (Å²) in [5.74, 6) is -1.76.